The van der Waals surface area contributed by atoms with Gasteiger partial charge in [0.2, 0.25) is 0 Å². The van der Waals surface area contributed by atoms with E-state index in [1.54, 1.807) is 10.8 Å². The molecule has 110 valence electrons. The van der Waals surface area contributed by atoms with Gasteiger partial charge in [0, 0.05) is 11.8 Å². The highest BCUT2D eigenvalue weighted by Crippen LogP contribution is 2.40. The normalized spacial score (nSPS) is 31.2. The minimum Gasteiger partial charge on any atom is -0.453 e. The summed E-state index contributed by atoms with van der Waals surface area (Å²) in [7, 11) is 0. The molecule has 6 nitrogen and oxygen atoms in total. The van der Waals surface area contributed by atoms with Crippen molar-refractivity contribution < 1.29 is 14.6 Å². The van der Waals surface area contributed by atoms with Gasteiger partial charge in [0.25, 0.3) is 5.56 Å². The molecule has 0 amide bonds. The second kappa shape index (κ2) is 4.86. The molecule has 4 atom stereocenters. The van der Waals surface area contributed by atoms with E-state index in [2.05, 4.69) is 4.98 Å². The van der Waals surface area contributed by atoms with Gasteiger partial charge in [-0.3, -0.25) is 9.36 Å². The fourth-order valence-corrected chi connectivity index (χ4v) is 2.85. The van der Waals surface area contributed by atoms with Crippen LogP contribution in [0.15, 0.2) is 11.0 Å². The van der Waals surface area contributed by atoms with E-state index < -0.39 is 12.2 Å². The van der Waals surface area contributed by atoms with Gasteiger partial charge in [-0.15, -0.1) is 0 Å². The highest BCUT2D eigenvalue weighted by Gasteiger charge is 2.50. The molecule has 3 heterocycles. The van der Waals surface area contributed by atoms with Gasteiger partial charge in [0.15, 0.2) is 12.3 Å². The first-order valence-electron chi connectivity index (χ1n) is 7.16. The monoisotopic (exact) mass is 280 g/mol. The van der Waals surface area contributed by atoms with Crippen LogP contribution in [0.25, 0.3) is 0 Å². The Morgan fingerprint density at radius 3 is 2.90 bits per heavy atom. The third kappa shape index (κ3) is 1.94. The number of rotatable bonds is 3. The van der Waals surface area contributed by atoms with Crippen LogP contribution in [0.5, 0.6) is 6.01 Å². The van der Waals surface area contributed by atoms with Crippen molar-refractivity contribution in [3.63, 3.8) is 0 Å². The molecule has 0 saturated carbocycles. The van der Waals surface area contributed by atoms with Gasteiger partial charge in [0.05, 0.1) is 6.10 Å². The third-order valence-corrected chi connectivity index (χ3v) is 3.97. The SMILES string of the molecule is CCCC1OC2C(Oc3nc(=O)c(C(C)C)cn32)C1O. The van der Waals surface area contributed by atoms with E-state index >= 15 is 0 Å². The molecular weight excluding hydrogens is 260 g/mol. The number of hydrogen-bond donors (Lipinski definition) is 1. The van der Waals surface area contributed by atoms with Gasteiger partial charge < -0.3 is 14.6 Å². The maximum atomic E-state index is 11.9. The van der Waals surface area contributed by atoms with Gasteiger partial charge in [-0.05, 0) is 12.3 Å². The molecule has 6 heteroatoms. The first-order chi connectivity index (χ1) is 9.52. The van der Waals surface area contributed by atoms with E-state index in [0.29, 0.717) is 5.56 Å². The van der Waals surface area contributed by atoms with Crippen LogP contribution in [0, 0.1) is 0 Å². The largest absolute Gasteiger partial charge is 0.453 e. The predicted octanol–water partition coefficient (Wildman–Crippen LogP) is 1.19. The number of aliphatic hydroxyl groups is 1. The zero-order chi connectivity index (χ0) is 14.4. The fraction of sp³-hybridized carbons (Fsp3) is 0.714. The Hall–Kier alpha value is -1.40. The molecule has 1 saturated heterocycles. The van der Waals surface area contributed by atoms with Gasteiger partial charge in [-0.2, -0.15) is 4.98 Å². The Bertz CT molecular complexity index is 569. The second-order valence-corrected chi connectivity index (χ2v) is 5.77. The number of fused-ring (bicyclic) bond motifs is 3. The van der Waals surface area contributed by atoms with Crippen molar-refractivity contribution in [1.29, 1.82) is 0 Å². The lowest BCUT2D eigenvalue weighted by atomic mass is 10.1. The molecule has 0 spiro atoms. The first-order valence-corrected chi connectivity index (χ1v) is 7.16. The average molecular weight is 280 g/mol. The van der Waals surface area contributed by atoms with Crippen LogP contribution < -0.4 is 10.3 Å². The Morgan fingerprint density at radius 2 is 2.25 bits per heavy atom. The molecular formula is C14H20N2O4. The van der Waals surface area contributed by atoms with Crippen LogP contribution in [0.3, 0.4) is 0 Å². The summed E-state index contributed by atoms with van der Waals surface area (Å²) < 4.78 is 13.2. The second-order valence-electron chi connectivity index (χ2n) is 5.77. The molecule has 0 aromatic carbocycles. The first kappa shape index (κ1) is 13.6. The summed E-state index contributed by atoms with van der Waals surface area (Å²) in [5.41, 5.74) is 0.362. The molecule has 3 rings (SSSR count). The molecule has 1 aromatic rings. The summed E-state index contributed by atoms with van der Waals surface area (Å²) in [5, 5.41) is 10.2. The van der Waals surface area contributed by atoms with Crippen LogP contribution in [-0.2, 0) is 4.74 Å². The van der Waals surface area contributed by atoms with Crippen LogP contribution in [0.1, 0.15) is 51.3 Å². The van der Waals surface area contributed by atoms with Crippen LogP contribution in [0.2, 0.25) is 0 Å². The summed E-state index contributed by atoms with van der Waals surface area (Å²) in [6, 6.07) is 0.239. The summed E-state index contributed by atoms with van der Waals surface area (Å²) in [4.78, 5) is 15.8. The lowest BCUT2D eigenvalue weighted by Gasteiger charge is -2.16. The Morgan fingerprint density at radius 1 is 1.50 bits per heavy atom. The Kier molecular flexibility index (Phi) is 3.30. The minimum atomic E-state index is -0.681. The van der Waals surface area contributed by atoms with Crippen molar-refractivity contribution in [3.05, 3.63) is 22.1 Å². The highest BCUT2D eigenvalue weighted by atomic mass is 16.6. The minimum absolute atomic E-state index is 0.0876. The summed E-state index contributed by atoms with van der Waals surface area (Å²) >= 11 is 0. The number of hydrogen-bond acceptors (Lipinski definition) is 5. The predicted molar refractivity (Wildman–Crippen MR) is 71.8 cm³/mol. The molecule has 1 fully saturated rings. The quantitative estimate of drug-likeness (QED) is 0.900. The molecule has 1 aromatic heterocycles. The van der Waals surface area contributed by atoms with E-state index in [0.717, 1.165) is 12.8 Å². The van der Waals surface area contributed by atoms with Crippen molar-refractivity contribution in [3.8, 4) is 6.01 Å². The molecule has 0 radical (unpaired) electrons. The van der Waals surface area contributed by atoms with Gasteiger partial charge in [0.1, 0.15) is 6.10 Å². The molecule has 4 unspecified atom stereocenters. The standard InChI is InChI=1S/C14H20N2O4/c1-4-5-9-10(17)11-13(19-9)16-6-8(7(2)3)12(18)15-14(16)20-11/h6-7,9-11,13,17H,4-5H2,1-3H3. The summed E-state index contributed by atoms with van der Waals surface area (Å²) in [6.07, 6.45) is 1.72. The molecule has 2 aliphatic heterocycles. The van der Waals surface area contributed by atoms with Crippen molar-refractivity contribution in [2.75, 3.05) is 0 Å². The number of aliphatic hydroxyl groups excluding tert-OH is 1. The Labute approximate surface area is 117 Å². The molecule has 0 aliphatic carbocycles. The van der Waals surface area contributed by atoms with E-state index in [9.17, 15) is 9.90 Å². The highest BCUT2D eigenvalue weighted by molar-refractivity contribution is 5.18. The zero-order valence-corrected chi connectivity index (χ0v) is 11.9. The smallest absolute Gasteiger partial charge is 0.302 e. The van der Waals surface area contributed by atoms with E-state index in [4.69, 9.17) is 9.47 Å². The van der Waals surface area contributed by atoms with Crippen molar-refractivity contribution >= 4 is 0 Å². The van der Waals surface area contributed by atoms with Gasteiger partial charge in [-0.1, -0.05) is 27.2 Å². The van der Waals surface area contributed by atoms with E-state index in [1.807, 2.05) is 20.8 Å². The molecule has 20 heavy (non-hydrogen) atoms. The van der Waals surface area contributed by atoms with Crippen LogP contribution >= 0.6 is 0 Å². The maximum Gasteiger partial charge on any atom is 0.302 e. The number of nitrogens with zero attached hydrogens (tertiary/aromatic N) is 2. The lowest BCUT2D eigenvalue weighted by molar-refractivity contribution is -0.0212. The van der Waals surface area contributed by atoms with Crippen LogP contribution in [0.4, 0.5) is 0 Å². The Balaban J connectivity index is 1.96. The van der Waals surface area contributed by atoms with Crippen molar-refractivity contribution in [2.45, 2.75) is 64.1 Å². The molecule has 0 bridgehead atoms. The van der Waals surface area contributed by atoms with E-state index in [-0.39, 0.29) is 29.8 Å². The van der Waals surface area contributed by atoms with E-state index in [1.165, 1.54) is 0 Å². The van der Waals surface area contributed by atoms with Crippen molar-refractivity contribution in [1.82, 2.24) is 9.55 Å². The topological polar surface area (TPSA) is 73.6 Å². The van der Waals surface area contributed by atoms with Crippen LogP contribution in [-0.4, -0.2) is 33.0 Å². The van der Waals surface area contributed by atoms with Gasteiger partial charge >= 0.3 is 6.01 Å². The lowest BCUT2D eigenvalue weighted by Crippen LogP contribution is -2.33. The molecule has 1 N–H and O–H groups in total. The molecule has 2 aliphatic rings. The summed E-state index contributed by atoms with van der Waals surface area (Å²) in [5.74, 6) is 0.0876. The number of aromatic nitrogens is 2. The zero-order valence-electron chi connectivity index (χ0n) is 11.9. The maximum absolute atomic E-state index is 11.9. The fourth-order valence-electron chi connectivity index (χ4n) is 2.85. The summed E-state index contributed by atoms with van der Waals surface area (Å²) in [6.45, 7) is 5.94. The average Bonchev–Trinajstić information content (AvgIpc) is 2.87. The third-order valence-electron chi connectivity index (χ3n) is 3.97. The van der Waals surface area contributed by atoms with Crippen molar-refractivity contribution in [2.24, 2.45) is 0 Å². The van der Waals surface area contributed by atoms with Gasteiger partial charge in [-0.25, -0.2) is 0 Å². The number of ether oxygens (including phenoxy) is 2.